The Balaban J connectivity index is 2.19. The number of hydrogen-bond acceptors (Lipinski definition) is 0. The predicted octanol–water partition coefficient (Wildman–Crippen LogP) is 3.41. The minimum absolute atomic E-state index is 0.124. The fourth-order valence-electron chi connectivity index (χ4n) is 1.77. The molecule has 0 amide bonds. The standard InChI is InChI=1S/C13H14N2/c1-10(14-2)7-8-11-9-15-13-6-4-3-5-12(11)13/h3-6,9-10,15H,7-8H2,1H3. The molecule has 0 spiro atoms. The highest BCUT2D eigenvalue weighted by atomic mass is 14.7. The van der Waals surface area contributed by atoms with Crippen molar-refractivity contribution in [2.24, 2.45) is 0 Å². The monoisotopic (exact) mass is 198 g/mol. The van der Waals surface area contributed by atoms with Gasteiger partial charge in [-0.2, -0.15) is 0 Å². The number of aromatic nitrogens is 1. The third kappa shape index (κ3) is 2.02. The van der Waals surface area contributed by atoms with E-state index in [-0.39, 0.29) is 6.04 Å². The molecule has 0 aliphatic carbocycles. The Bertz CT molecular complexity index is 490. The number of aryl methyl sites for hydroxylation is 1. The van der Waals surface area contributed by atoms with Gasteiger partial charge in [0.2, 0.25) is 6.04 Å². The van der Waals surface area contributed by atoms with Crippen molar-refractivity contribution < 1.29 is 0 Å². The quantitative estimate of drug-likeness (QED) is 0.729. The molecule has 1 unspecified atom stereocenters. The highest BCUT2D eigenvalue weighted by Crippen LogP contribution is 2.19. The van der Waals surface area contributed by atoms with Crippen LogP contribution in [0.4, 0.5) is 0 Å². The van der Waals surface area contributed by atoms with Gasteiger partial charge < -0.3 is 9.83 Å². The maximum absolute atomic E-state index is 6.92. The second-order valence-corrected chi connectivity index (χ2v) is 3.88. The van der Waals surface area contributed by atoms with Gasteiger partial charge in [-0.05, 0) is 18.1 Å². The van der Waals surface area contributed by atoms with Crippen molar-refractivity contribution in [3.63, 3.8) is 0 Å². The molecule has 1 atom stereocenters. The zero-order valence-corrected chi connectivity index (χ0v) is 8.83. The van der Waals surface area contributed by atoms with Gasteiger partial charge in [0.25, 0.3) is 0 Å². The summed E-state index contributed by atoms with van der Waals surface area (Å²) >= 11 is 0. The van der Waals surface area contributed by atoms with Crippen molar-refractivity contribution in [2.45, 2.75) is 25.8 Å². The van der Waals surface area contributed by atoms with Crippen LogP contribution in [0.2, 0.25) is 0 Å². The Hall–Kier alpha value is -1.75. The van der Waals surface area contributed by atoms with Crippen molar-refractivity contribution in [3.8, 4) is 0 Å². The SMILES string of the molecule is [C-]#[N+]C(C)CCc1c[nH]c2ccccc12. The molecule has 2 aromatic rings. The first-order chi connectivity index (χ1) is 7.31. The zero-order valence-electron chi connectivity index (χ0n) is 8.83. The predicted molar refractivity (Wildman–Crippen MR) is 62.7 cm³/mol. The molecule has 0 fully saturated rings. The minimum Gasteiger partial charge on any atom is -0.361 e. The maximum Gasteiger partial charge on any atom is 0.221 e. The number of hydrogen-bond donors (Lipinski definition) is 1. The van der Waals surface area contributed by atoms with Gasteiger partial charge in [0.05, 0.1) is 0 Å². The van der Waals surface area contributed by atoms with E-state index in [2.05, 4.69) is 34.2 Å². The number of benzene rings is 1. The molecule has 0 radical (unpaired) electrons. The molecule has 2 nitrogen and oxygen atoms in total. The van der Waals surface area contributed by atoms with Crippen LogP contribution in [0, 0.1) is 6.57 Å². The number of fused-ring (bicyclic) bond motifs is 1. The summed E-state index contributed by atoms with van der Waals surface area (Å²) in [6.45, 7) is 8.89. The molecule has 76 valence electrons. The van der Waals surface area contributed by atoms with Gasteiger partial charge in [0.15, 0.2) is 0 Å². The zero-order chi connectivity index (χ0) is 10.7. The molecule has 0 aliphatic heterocycles. The summed E-state index contributed by atoms with van der Waals surface area (Å²) < 4.78 is 0. The number of rotatable bonds is 3. The van der Waals surface area contributed by atoms with E-state index < -0.39 is 0 Å². The Morgan fingerprint density at radius 3 is 3.00 bits per heavy atom. The molecule has 2 rings (SSSR count). The highest BCUT2D eigenvalue weighted by molar-refractivity contribution is 5.82. The average molecular weight is 198 g/mol. The first-order valence-corrected chi connectivity index (χ1v) is 5.23. The molecular formula is C13H14N2. The molecule has 0 saturated heterocycles. The molecule has 2 heteroatoms. The lowest BCUT2D eigenvalue weighted by atomic mass is 10.1. The Morgan fingerprint density at radius 1 is 1.40 bits per heavy atom. The number of nitrogens with one attached hydrogen (secondary N) is 1. The van der Waals surface area contributed by atoms with Crippen molar-refractivity contribution >= 4 is 10.9 Å². The van der Waals surface area contributed by atoms with Crippen molar-refractivity contribution in [1.29, 1.82) is 0 Å². The molecule has 0 aliphatic rings. The van der Waals surface area contributed by atoms with Crippen LogP contribution in [0.25, 0.3) is 15.7 Å². The summed E-state index contributed by atoms with van der Waals surface area (Å²) in [5.74, 6) is 0. The van der Waals surface area contributed by atoms with Crippen LogP contribution >= 0.6 is 0 Å². The first kappa shape index (κ1) is 9.79. The lowest BCUT2D eigenvalue weighted by Gasteiger charge is -1.98. The average Bonchev–Trinajstić information content (AvgIpc) is 2.69. The van der Waals surface area contributed by atoms with E-state index in [1.807, 2.05) is 13.0 Å². The van der Waals surface area contributed by atoms with Gasteiger partial charge in [-0.1, -0.05) is 18.2 Å². The fraction of sp³-hybridized carbons (Fsp3) is 0.308. The minimum atomic E-state index is 0.124. The molecule has 0 saturated carbocycles. The van der Waals surface area contributed by atoms with Gasteiger partial charge in [0.1, 0.15) is 0 Å². The number of aromatic amines is 1. The third-order valence-corrected chi connectivity index (χ3v) is 2.73. The Morgan fingerprint density at radius 2 is 2.20 bits per heavy atom. The highest BCUT2D eigenvalue weighted by Gasteiger charge is 2.07. The van der Waals surface area contributed by atoms with E-state index in [4.69, 9.17) is 6.57 Å². The number of nitrogens with zero attached hydrogens (tertiary/aromatic N) is 1. The third-order valence-electron chi connectivity index (χ3n) is 2.73. The van der Waals surface area contributed by atoms with Crippen LogP contribution in [-0.4, -0.2) is 11.0 Å². The molecule has 1 heterocycles. The van der Waals surface area contributed by atoms with Crippen LogP contribution in [0.15, 0.2) is 30.5 Å². The maximum atomic E-state index is 6.92. The van der Waals surface area contributed by atoms with Crippen LogP contribution in [0.5, 0.6) is 0 Å². The Kier molecular flexibility index (Phi) is 2.73. The van der Waals surface area contributed by atoms with Gasteiger partial charge >= 0.3 is 0 Å². The smallest absolute Gasteiger partial charge is 0.221 e. The first-order valence-electron chi connectivity index (χ1n) is 5.23. The van der Waals surface area contributed by atoms with Crippen molar-refractivity contribution in [2.75, 3.05) is 0 Å². The number of para-hydroxylation sites is 1. The van der Waals surface area contributed by atoms with E-state index in [0.717, 1.165) is 12.8 Å². The van der Waals surface area contributed by atoms with Gasteiger partial charge in [-0.15, -0.1) is 0 Å². The van der Waals surface area contributed by atoms with Crippen molar-refractivity contribution in [1.82, 2.24) is 4.98 Å². The topological polar surface area (TPSA) is 20.1 Å². The van der Waals surface area contributed by atoms with Gasteiger partial charge in [-0.3, -0.25) is 0 Å². The van der Waals surface area contributed by atoms with Crippen LogP contribution in [0.1, 0.15) is 18.9 Å². The molecule has 1 N–H and O–H groups in total. The molecular weight excluding hydrogens is 184 g/mol. The normalized spacial score (nSPS) is 12.5. The lowest BCUT2D eigenvalue weighted by Crippen LogP contribution is -1.96. The lowest BCUT2D eigenvalue weighted by molar-refractivity contribution is 0.747. The summed E-state index contributed by atoms with van der Waals surface area (Å²) in [5, 5.41) is 1.29. The fourth-order valence-corrected chi connectivity index (χ4v) is 1.77. The van der Waals surface area contributed by atoms with Crippen LogP contribution in [-0.2, 0) is 6.42 Å². The van der Waals surface area contributed by atoms with E-state index in [0.29, 0.717) is 0 Å². The Labute approximate surface area is 89.7 Å². The summed E-state index contributed by atoms with van der Waals surface area (Å²) in [7, 11) is 0. The van der Waals surface area contributed by atoms with E-state index in [1.165, 1.54) is 16.5 Å². The van der Waals surface area contributed by atoms with Crippen LogP contribution < -0.4 is 0 Å². The summed E-state index contributed by atoms with van der Waals surface area (Å²) in [6.07, 6.45) is 3.97. The second-order valence-electron chi connectivity index (χ2n) is 3.88. The molecule has 15 heavy (non-hydrogen) atoms. The second kappa shape index (κ2) is 4.18. The van der Waals surface area contributed by atoms with E-state index >= 15 is 0 Å². The van der Waals surface area contributed by atoms with E-state index in [9.17, 15) is 0 Å². The molecule has 1 aromatic carbocycles. The number of H-pyrrole nitrogens is 1. The molecule has 0 bridgehead atoms. The molecule has 1 aromatic heterocycles. The van der Waals surface area contributed by atoms with Crippen molar-refractivity contribution in [3.05, 3.63) is 47.4 Å². The largest absolute Gasteiger partial charge is 0.361 e. The van der Waals surface area contributed by atoms with Gasteiger partial charge in [-0.25, -0.2) is 6.57 Å². The summed E-state index contributed by atoms with van der Waals surface area (Å²) in [5.41, 5.74) is 2.50. The summed E-state index contributed by atoms with van der Waals surface area (Å²) in [4.78, 5) is 6.76. The van der Waals surface area contributed by atoms with Gasteiger partial charge in [0, 0.05) is 30.4 Å². The van der Waals surface area contributed by atoms with E-state index in [1.54, 1.807) is 0 Å². The summed E-state index contributed by atoms with van der Waals surface area (Å²) in [6, 6.07) is 8.42. The van der Waals surface area contributed by atoms with Crippen LogP contribution in [0.3, 0.4) is 0 Å².